The van der Waals surface area contributed by atoms with Crippen molar-refractivity contribution >= 4 is 34.6 Å². The average molecular weight is 672 g/mol. The first-order valence-electron chi connectivity index (χ1n) is 18.3. The lowest BCUT2D eigenvalue weighted by Crippen LogP contribution is -2.59. The number of pyridine rings is 1. The number of likely N-dealkylation sites (tertiary alicyclic amines) is 2. The molecule has 3 atom stereocenters. The zero-order valence-corrected chi connectivity index (χ0v) is 29.0. The summed E-state index contributed by atoms with van der Waals surface area (Å²) >= 11 is 1.74. The maximum absolute atomic E-state index is 14.6. The van der Waals surface area contributed by atoms with Crippen molar-refractivity contribution in [2.75, 3.05) is 31.9 Å². The van der Waals surface area contributed by atoms with Gasteiger partial charge >= 0.3 is 6.03 Å². The minimum atomic E-state index is -0.644. The fourth-order valence-corrected chi connectivity index (χ4v) is 10.4. The van der Waals surface area contributed by atoms with E-state index in [0.717, 1.165) is 89.7 Å². The van der Waals surface area contributed by atoms with Gasteiger partial charge < -0.3 is 25.0 Å². The van der Waals surface area contributed by atoms with Crippen LogP contribution in [0.4, 0.5) is 4.79 Å². The van der Waals surface area contributed by atoms with Crippen LogP contribution in [0, 0.1) is 6.92 Å². The van der Waals surface area contributed by atoms with Crippen LogP contribution in [0.3, 0.4) is 0 Å². The molecule has 4 saturated heterocycles. The third kappa shape index (κ3) is 6.28. The highest BCUT2D eigenvalue weighted by molar-refractivity contribution is 7.99. The molecule has 8 rings (SSSR count). The number of rotatable bonds is 6. The Labute approximate surface area is 286 Å². The van der Waals surface area contributed by atoms with Crippen molar-refractivity contribution in [3.8, 4) is 0 Å². The highest BCUT2D eigenvalue weighted by Crippen LogP contribution is 2.39. The Balaban J connectivity index is 0.980. The lowest BCUT2D eigenvalue weighted by molar-refractivity contribution is -0.139. The molecule has 48 heavy (non-hydrogen) atoms. The van der Waals surface area contributed by atoms with Crippen LogP contribution < -0.4 is 10.9 Å². The molecule has 2 unspecified atom stereocenters. The van der Waals surface area contributed by atoms with Crippen LogP contribution in [-0.2, 0) is 17.6 Å². The number of fused-ring (bicyclic) bond motifs is 4. The summed E-state index contributed by atoms with van der Waals surface area (Å²) in [5, 5.41) is 12.6. The summed E-state index contributed by atoms with van der Waals surface area (Å²) in [4.78, 5) is 51.3. The van der Waals surface area contributed by atoms with Crippen molar-refractivity contribution in [3.05, 3.63) is 57.0 Å². The number of nitrogens with zero attached hydrogens (tertiary/aromatic N) is 4. The molecule has 3 amide bonds. The molecule has 1 aromatic carbocycles. The molecule has 0 spiro atoms. The van der Waals surface area contributed by atoms with Crippen molar-refractivity contribution < 1.29 is 9.59 Å². The van der Waals surface area contributed by atoms with Gasteiger partial charge in [0.25, 0.3) is 5.56 Å². The van der Waals surface area contributed by atoms with Crippen molar-refractivity contribution in [2.45, 2.75) is 119 Å². The van der Waals surface area contributed by atoms with Gasteiger partial charge in [0.15, 0.2) is 0 Å². The lowest BCUT2D eigenvalue weighted by Gasteiger charge is -2.45. The highest BCUT2D eigenvalue weighted by atomic mass is 32.2. The Bertz CT molecular complexity index is 1710. The lowest BCUT2D eigenvalue weighted by atomic mass is 9.89. The SMILES string of the molecule is Cc1cc(C[C@@H](NC(=O)N2CCC(c3cc4c([nH]c3=O)SCCC4)CC2)C(=O)N2C3CCC2CC(N2CCCCC2)C3)cc2cn[nH]c12. The van der Waals surface area contributed by atoms with Gasteiger partial charge in [0.2, 0.25) is 5.91 Å². The van der Waals surface area contributed by atoms with Crippen LogP contribution in [0.1, 0.15) is 92.4 Å². The maximum Gasteiger partial charge on any atom is 0.318 e. The van der Waals surface area contributed by atoms with Gasteiger partial charge in [0, 0.05) is 48.6 Å². The third-order valence-corrected chi connectivity index (χ3v) is 13.0. The second-order valence-corrected chi connectivity index (χ2v) is 16.0. The van der Waals surface area contributed by atoms with Crippen LogP contribution in [0.15, 0.2) is 34.2 Å². The average Bonchev–Trinajstić information content (AvgIpc) is 3.69. The first-order valence-corrected chi connectivity index (χ1v) is 19.3. The van der Waals surface area contributed by atoms with Gasteiger partial charge in [-0.1, -0.05) is 12.5 Å². The molecule has 5 aliphatic rings. The van der Waals surface area contributed by atoms with Gasteiger partial charge in [-0.05, 0) is 125 Å². The number of urea groups is 1. The zero-order valence-electron chi connectivity index (χ0n) is 28.1. The first-order chi connectivity index (χ1) is 23.4. The molecule has 2 aromatic heterocycles. The zero-order chi connectivity index (χ0) is 32.8. The number of thioether (sulfide) groups is 1. The molecule has 0 aliphatic carbocycles. The third-order valence-electron chi connectivity index (χ3n) is 11.9. The van der Waals surface area contributed by atoms with Gasteiger partial charge in [-0.2, -0.15) is 5.10 Å². The number of hydrogen-bond acceptors (Lipinski definition) is 6. The smallest absolute Gasteiger partial charge is 0.318 e. The number of aromatic amines is 2. The molecule has 3 aromatic rings. The standard InChI is InChI=1S/C37H49N7O3S/c1-23-16-24(17-27-22-38-41-33(23)27)18-32(36(46)44-28-7-8-29(44)21-30(20-28)42-11-3-2-4-12-42)39-37(47)43-13-9-25(10-14-43)31-19-26-6-5-15-48-35(26)40-34(31)45/h16-17,19,22,25,28-30,32H,2-15,18,20-21H2,1H3,(H,38,41)(H,39,47)(H,40,45)/t28?,29?,30?,32-/m1/s1. The van der Waals surface area contributed by atoms with Gasteiger partial charge in [-0.25, -0.2) is 4.79 Å². The molecule has 10 nitrogen and oxygen atoms in total. The van der Waals surface area contributed by atoms with E-state index in [1.807, 2.05) is 11.1 Å². The van der Waals surface area contributed by atoms with E-state index in [1.165, 1.54) is 37.9 Å². The van der Waals surface area contributed by atoms with Crippen molar-refractivity contribution in [1.29, 1.82) is 0 Å². The Morgan fingerprint density at radius 2 is 1.75 bits per heavy atom. The second kappa shape index (κ2) is 13.5. The van der Waals surface area contributed by atoms with Crippen molar-refractivity contribution in [3.63, 3.8) is 0 Å². The summed E-state index contributed by atoms with van der Waals surface area (Å²) in [6.07, 6.45) is 14.0. The summed E-state index contributed by atoms with van der Waals surface area (Å²) in [7, 11) is 0. The molecule has 0 radical (unpaired) electrons. The Morgan fingerprint density at radius 3 is 2.52 bits per heavy atom. The predicted molar refractivity (Wildman–Crippen MR) is 189 cm³/mol. The quantitative estimate of drug-likeness (QED) is 0.336. The van der Waals surface area contributed by atoms with E-state index in [0.29, 0.717) is 25.6 Å². The van der Waals surface area contributed by atoms with Gasteiger partial charge in [0.05, 0.1) is 16.7 Å². The van der Waals surface area contributed by atoms with Gasteiger partial charge in [-0.3, -0.25) is 14.7 Å². The summed E-state index contributed by atoms with van der Waals surface area (Å²) in [6, 6.07) is 6.55. The van der Waals surface area contributed by atoms with Crippen molar-refractivity contribution in [2.24, 2.45) is 0 Å². The Kier molecular flexibility index (Phi) is 9.00. The summed E-state index contributed by atoms with van der Waals surface area (Å²) in [5.74, 6) is 1.25. The van der Waals surface area contributed by atoms with Crippen LogP contribution in [0.5, 0.6) is 0 Å². The second-order valence-electron chi connectivity index (χ2n) is 14.9. The van der Waals surface area contributed by atoms with E-state index in [9.17, 15) is 14.4 Å². The number of carbonyl (C=O) groups is 2. The fourth-order valence-electron chi connectivity index (χ4n) is 9.40. The number of hydrogen-bond donors (Lipinski definition) is 3. The normalized spacial score (nSPS) is 25.6. The Morgan fingerprint density at radius 1 is 0.979 bits per heavy atom. The fraction of sp³-hybridized carbons (Fsp3) is 0.622. The maximum atomic E-state index is 14.6. The molecule has 11 heteroatoms. The number of piperidine rings is 3. The minimum Gasteiger partial charge on any atom is -0.335 e. The van der Waals surface area contributed by atoms with E-state index >= 15 is 0 Å². The van der Waals surface area contributed by atoms with Crippen LogP contribution >= 0.6 is 11.8 Å². The highest BCUT2D eigenvalue weighted by Gasteiger charge is 2.46. The number of aryl methyl sites for hydroxylation is 2. The monoisotopic (exact) mass is 671 g/mol. The van der Waals surface area contributed by atoms with Crippen molar-refractivity contribution in [1.82, 2.24) is 35.2 Å². The van der Waals surface area contributed by atoms with Gasteiger partial charge in [-0.15, -0.1) is 11.8 Å². The topological polar surface area (TPSA) is 117 Å². The molecular weight excluding hydrogens is 623 g/mol. The summed E-state index contributed by atoms with van der Waals surface area (Å²) in [5.41, 5.74) is 5.23. The molecular formula is C37H49N7O3S. The molecule has 4 fully saturated rings. The first kappa shape index (κ1) is 31.9. The molecule has 7 heterocycles. The minimum absolute atomic E-state index is 0.0142. The largest absolute Gasteiger partial charge is 0.335 e. The molecule has 0 saturated carbocycles. The summed E-state index contributed by atoms with van der Waals surface area (Å²) in [6.45, 7) is 5.55. The molecule has 3 N–H and O–H groups in total. The number of H-pyrrole nitrogens is 2. The number of aromatic nitrogens is 3. The van der Waals surface area contributed by atoms with Gasteiger partial charge in [0.1, 0.15) is 6.04 Å². The van der Waals surface area contributed by atoms with Crippen LogP contribution in [-0.4, -0.2) is 97.9 Å². The van der Waals surface area contributed by atoms with E-state index in [1.54, 1.807) is 11.8 Å². The number of carbonyl (C=O) groups excluding carboxylic acids is 2. The van der Waals surface area contributed by atoms with E-state index < -0.39 is 6.04 Å². The Hall–Kier alpha value is -3.31. The van der Waals surface area contributed by atoms with E-state index in [4.69, 9.17) is 0 Å². The summed E-state index contributed by atoms with van der Waals surface area (Å²) < 4.78 is 0. The number of benzene rings is 1. The molecule has 5 aliphatic heterocycles. The van der Waals surface area contributed by atoms with E-state index in [2.05, 4.69) is 55.4 Å². The molecule has 2 bridgehead atoms. The van der Waals surface area contributed by atoms with Crippen LogP contribution in [0.2, 0.25) is 0 Å². The molecule has 256 valence electrons. The number of nitrogens with one attached hydrogen (secondary N) is 3. The van der Waals surface area contributed by atoms with Crippen LogP contribution in [0.25, 0.3) is 10.9 Å². The number of amides is 3. The van der Waals surface area contributed by atoms with E-state index in [-0.39, 0.29) is 35.5 Å². The predicted octanol–water partition coefficient (Wildman–Crippen LogP) is 5.11.